The number of ether oxygens (including phenoxy) is 1. The molecule has 0 atom stereocenters. The number of non-ortho nitro benzene ring substituents is 1. The normalized spacial score (nSPS) is 11.7. The Hall–Kier alpha value is -4.13. The van der Waals surface area contributed by atoms with Gasteiger partial charge in [0.05, 0.1) is 14.7 Å². The molecule has 0 saturated heterocycles. The molecule has 202 valence electrons. The summed E-state index contributed by atoms with van der Waals surface area (Å²) in [6.45, 7) is 5.25. The van der Waals surface area contributed by atoms with E-state index in [1.165, 1.54) is 29.5 Å². The lowest BCUT2D eigenvalue weighted by atomic mass is 10.1. The fraction of sp³-hybridized carbons (Fsp3) is 0.185. The van der Waals surface area contributed by atoms with Crippen LogP contribution in [0, 0.1) is 10.1 Å². The van der Waals surface area contributed by atoms with Gasteiger partial charge in [0.15, 0.2) is 0 Å². The molecule has 3 aromatic carbocycles. The number of hydrogen-bond acceptors (Lipinski definition) is 8. The highest BCUT2D eigenvalue weighted by Gasteiger charge is 2.27. The van der Waals surface area contributed by atoms with Crippen LogP contribution < -0.4 is 10.0 Å². The molecule has 10 nitrogen and oxygen atoms in total. The van der Waals surface area contributed by atoms with E-state index in [4.69, 9.17) is 4.74 Å². The number of anilines is 1. The van der Waals surface area contributed by atoms with Gasteiger partial charge in [-0.25, -0.2) is 22.9 Å². The molecule has 2 N–H and O–H groups in total. The summed E-state index contributed by atoms with van der Waals surface area (Å²) < 4.78 is 34.8. The van der Waals surface area contributed by atoms with Crippen molar-refractivity contribution >= 4 is 38.8 Å². The molecule has 12 heteroatoms. The number of rotatable bonds is 8. The van der Waals surface area contributed by atoms with Crippen molar-refractivity contribution in [3.8, 4) is 21.0 Å². The third-order valence-corrected chi connectivity index (χ3v) is 8.14. The first-order chi connectivity index (χ1) is 18.4. The second-order valence-electron chi connectivity index (χ2n) is 9.59. The van der Waals surface area contributed by atoms with Crippen molar-refractivity contribution in [1.82, 2.24) is 9.71 Å². The lowest BCUT2D eigenvalue weighted by Gasteiger charge is -2.22. The zero-order valence-electron chi connectivity index (χ0n) is 21.4. The maximum absolute atomic E-state index is 13.4. The van der Waals surface area contributed by atoms with Gasteiger partial charge >= 0.3 is 6.09 Å². The summed E-state index contributed by atoms with van der Waals surface area (Å²) >= 11 is 1.24. The SMILES string of the molecule is CC(C)(C)NS(=O)(=O)c1cc(NC(=O)OCc2ccccc2)ccc1-c1cnc(-c2ccc([N+](=O)[O-])cc2)s1. The minimum Gasteiger partial charge on any atom is -0.444 e. The van der Waals surface area contributed by atoms with Gasteiger partial charge in [-0.15, -0.1) is 11.3 Å². The Balaban J connectivity index is 1.64. The molecule has 0 saturated carbocycles. The van der Waals surface area contributed by atoms with Crippen molar-refractivity contribution < 1.29 is 22.9 Å². The number of sulfonamides is 1. The minimum absolute atomic E-state index is 0.0393. The largest absolute Gasteiger partial charge is 0.444 e. The number of amides is 1. The maximum atomic E-state index is 13.4. The van der Waals surface area contributed by atoms with Crippen molar-refractivity contribution in [2.24, 2.45) is 0 Å². The topological polar surface area (TPSA) is 141 Å². The van der Waals surface area contributed by atoms with Crippen LogP contribution >= 0.6 is 11.3 Å². The second kappa shape index (κ2) is 11.3. The predicted molar refractivity (Wildman–Crippen MR) is 150 cm³/mol. The van der Waals surface area contributed by atoms with Crippen molar-refractivity contribution in [3.63, 3.8) is 0 Å². The molecule has 1 amide bonds. The molecule has 4 rings (SSSR count). The van der Waals surface area contributed by atoms with Crippen LogP contribution in [0.5, 0.6) is 0 Å². The van der Waals surface area contributed by atoms with Gasteiger partial charge in [0.1, 0.15) is 11.6 Å². The Morgan fingerprint density at radius 3 is 2.38 bits per heavy atom. The molecule has 0 aliphatic carbocycles. The second-order valence-corrected chi connectivity index (χ2v) is 12.3. The highest BCUT2D eigenvalue weighted by molar-refractivity contribution is 7.89. The summed E-state index contributed by atoms with van der Waals surface area (Å²) in [7, 11) is -4.02. The molecule has 0 spiro atoms. The summed E-state index contributed by atoms with van der Waals surface area (Å²) in [6.07, 6.45) is 0.825. The first kappa shape index (κ1) is 27.9. The van der Waals surface area contributed by atoms with E-state index in [1.807, 2.05) is 30.3 Å². The average Bonchev–Trinajstić information content (AvgIpc) is 3.37. The summed E-state index contributed by atoms with van der Waals surface area (Å²) in [5.74, 6) is 0. The van der Waals surface area contributed by atoms with Gasteiger partial charge in [-0.1, -0.05) is 36.4 Å². The van der Waals surface area contributed by atoms with Gasteiger partial charge in [-0.05, 0) is 50.6 Å². The summed E-state index contributed by atoms with van der Waals surface area (Å²) in [5.41, 5.74) is 1.31. The van der Waals surface area contributed by atoms with Crippen molar-refractivity contribution in [2.75, 3.05) is 5.32 Å². The lowest BCUT2D eigenvalue weighted by Crippen LogP contribution is -2.40. The van der Waals surface area contributed by atoms with Crippen LogP contribution in [0.1, 0.15) is 26.3 Å². The number of benzene rings is 3. The Kier molecular flexibility index (Phi) is 8.09. The van der Waals surface area contributed by atoms with Crippen molar-refractivity contribution in [1.29, 1.82) is 0 Å². The molecule has 1 heterocycles. The smallest absolute Gasteiger partial charge is 0.411 e. The molecular formula is C27H26N4O6S2. The van der Waals surface area contributed by atoms with Crippen molar-refractivity contribution in [3.05, 3.63) is 94.7 Å². The molecule has 0 aliphatic rings. The number of nitro benzene ring substituents is 1. The van der Waals surface area contributed by atoms with Gasteiger partial charge in [0, 0.05) is 40.7 Å². The molecule has 0 unspecified atom stereocenters. The van der Waals surface area contributed by atoms with E-state index < -0.39 is 26.6 Å². The molecule has 1 aromatic heterocycles. The summed E-state index contributed by atoms with van der Waals surface area (Å²) in [6, 6.07) is 19.7. The van der Waals surface area contributed by atoms with Crippen LogP contribution in [-0.2, 0) is 21.4 Å². The lowest BCUT2D eigenvalue weighted by molar-refractivity contribution is -0.384. The minimum atomic E-state index is -4.02. The molecule has 39 heavy (non-hydrogen) atoms. The molecule has 0 radical (unpaired) electrons. The van der Waals surface area contributed by atoms with E-state index in [9.17, 15) is 23.3 Å². The van der Waals surface area contributed by atoms with Crippen LogP contribution in [-0.4, -0.2) is 30.0 Å². The number of hydrogen-bond donors (Lipinski definition) is 2. The van der Waals surface area contributed by atoms with E-state index in [0.717, 1.165) is 5.56 Å². The third kappa shape index (κ3) is 7.25. The number of thiazole rings is 1. The molecule has 0 fully saturated rings. The number of nitrogens with zero attached hydrogens (tertiary/aromatic N) is 2. The quantitative estimate of drug-likeness (QED) is 0.191. The van der Waals surface area contributed by atoms with E-state index in [1.54, 1.807) is 51.2 Å². The maximum Gasteiger partial charge on any atom is 0.411 e. The number of aromatic nitrogens is 1. The zero-order chi connectivity index (χ0) is 28.2. The van der Waals surface area contributed by atoms with E-state index in [2.05, 4.69) is 15.0 Å². The first-order valence-corrected chi connectivity index (χ1v) is 14.1. The molecule has 4 aromatic rings. The van der Waals surface area contributed by atoms with Crippen LogP contribution in [0.15, 0.2) is 83.9 Å². The molecule has 0 aliphatic heterocycles. The zero-order valence-corrected chi connectivity index (χ0v) is 23.0. The summed E-state index contributed by atoms with van der Waals surface area (Å²) in [5, 5.41) is 14.1. The third-order valence-electron chi connectivity index (χ3n) is 5.27. The van der Waals surface area contributed by atoms with E-state index in [0.29, 0.717) is 21.0 Å². The van der Waals surface area contributed by atoms with E-state index >= 15 is 0 Å². The Morgan fingerprint density at radius 2 is 1.74 bits per heavy atom. The van der Waals surface area contributed by atoms with Crippen LogP contribution in [0.4, 0.5) is 16.2 Å². The molecular weight excluding hydrogens is 540 g/mol. The van der Waals surface area contributed by atoms with Gasteiger partial charge in [0.25, 0.3) is 5.69 Å². The van der Waals surface area contributed by atoms with Crippen molar-refractivity contribution in [2.45, 2.75) is 37.8 Å². The number of carbonyl (C=O) groups excluding carboxylic acids is 1. The van der Waals surface area contributed by atoms with Crippen LogP contribution in [0.3, 0.4) is 0 Å². The van der Waals surface area contributed by atoms with Crippen LogP contribution in [0.25, 0.3) is 21.0 Å². The monoisotopic (exact) mass is 566 g/mol. The standard InChI is InChI=1S/C27H26N4O6S2/c1-27(2,3)30-39(35,36)24-15-20(29-26(32)37-17-18-7-5-4-6-8-18)11-14-22(24)23-16-28-25(38-23)19-9-12-21(13-10-19)31(33)34/h4-16,30H,17H2,1-3H3,(H,29,32). The Labute approximate surface area is 229 Å². The predicted octanol–water partition coefficient (Wildman–Crippen LogP) is 6.21. The fourth-order valence-electron chi connectivity index (χ4n) is 3.62. The van der Waals surface area contributed by atoms with Gasteiger partial charge in [0.2, 0.25) is 10.0 Å². The Bertz CT molecular complexity index is 1600. The number of nitro groups is 1. The highest BCUT2D eigenvalue weighted by atomic mass is 32.2. The van der Waals surface area contributed by atoms with Gasteiger partial charge < -0.3 is 4.74 Å². The summed E-state index contributed by atoms with van der Waals surface area (Å²) in [4.78, 5) is 27.8. The highest BCUT2D eigenvalue weighted by Crippen LogP contribution is 2.37. The van der Waals surface area contributed by atoms with E-state index in [-0.39, 0.29) is 22.9 Å². The first-order valence-electron chi connectivity index (χ1n) is 11.8. The average molecular weight is 567 g/mol. The van der Waals surface area contributed by atoms with Gasteiger partial charge in [-0.2, -0.15) is 0 Å². The number of nitrogens with one attached hydrogen (secondary N) is 2. The Morgan fingerprint density at radius 1 is 1.05 bits per heavy atom. The van der Waals surface area contributed by atoms with Gasteiger partial charge in [-0.3, -0.25) is 15.4 Å². The number of carbonyl (C=O) groups is 1. The molecule has 0 bridgehead atoms. The fourth-order valence-corrected chi connectivity index (χ4v) is 6.31. The van der Waals surface area contributed by atoms with Crippen LogP contribution in [0.2, 0.25) is 0 Å².